The number of rotatable bonds is 6. The van der Waals surface area contributed by atoms with Crippen molar-refractivity contribution in [2.75, 3.05) is 0 Å². The molecular formula is C15H26. The molecule has 1 aliphatic rings. The molecular weight excluding hydrogens is 180 g/mol. The first-order chi connectivity index (χ1) is 7.18. The highest BCUT2D eigenvalue weighted by Gasteiger charge is 2.14. The molecule has 0 nitrogen and oxygen atoms in total. The molecule has 0 heterocycles. The van der Waals surface area contributed by atoms with Crippen molar-refractivity contribution in [2.45, 2.75) is 58.8 Å². The van der Waals surface area contributed by atoms with Gasteiger partial charge in [-0.1, -0.05) is 51.0 Å². The number of hydrogen-bond acceptors (Lipinski definition) is 0. The molecule has 0 saturated heterocycles. The van der Waals surface area contributed by atoms with Crippen LogP contribution in [0.5, 0.6) is 0 Å². The maximum Gasteiger partial charge on any atom is -0.0193 e. The van der Waals surface area contributed by atoms with Crippen molar-refractivity contribution in [3.63, 3.8) is 0 Å². The molecule has 86 valence electrons. The highest BCUT2D eigenvalue weighted by atomic mass is 14.2. The fourth-order valence-electron chi connectivity index (χ4n) is 2.23. The van der Waals surface area contributed by atoms with Crippen molar-refractivity contribution >= 4 is 0 Å². The largest absolute Gasteiger partial charge is 0.0998 e. The fraction of sp³-hybridized carbons (Fsp3) is 0.733. The van der Waals surface area contributed by atoms with Gasteiger partial charge in [0.1, 0.15) is 0 Å². The Kier molecular flexibility index (Phi) is 5.75. The van der Waals surface area contributed by atoms with Crippen LogP contribution in [-0.2, 0) is 0 Å². The molecule has 0 radical (unpaired) electrons. The SMILES string of the molecule is C=C1CC[C@H](/C=C/CCCCC(C)C)C1. The van der Waals surface area contributed by atoms with E-state index in [-0.39, 0.29) is 0 Å². The Hall–Kier alpha value is -0.520. The first-order valence-electron chi connectivity index (χ1n) is 6.52. The van der Waals surface area contributed by atoms with Gasteiger partial charge in [-0.25, -0.2) is 0 Å². The maximum absolute atomic E-state index is 4.05. The van der Waals surface area contributed by atoms with Gasteiger partial charge in [0.2, 0.25) is 0 Å². The van der Waals surface area contributed by atoms with Crippen LogP contribution in [0.4, 0.5) is 0 Å². The molecule has 0 spiro atoms. The highest BCUT2D eigenvalue weighted by molar-refractivity contribution is 5.07. The van der Waals surface area contributed by atoms with Gasteiger partial charge in [-0.05, 0) is 43.9 Å². The first-order valence-corrected chi connectivity index (χ1v) is 6.52. The third-order valence-corrected chi connectivity index (χ3v) is 3.23. The average Bonchev–Trinajstić information content (AvgIpc) is 2.57. The van der Waals surface area contributed by atoms with Crippen LogP contribution >= 0.6 is 0 Å². The normalized spacial score (nSPS) is 22.1. The third-order valence-electron chi connectivity index (χ3n) is 3.23. The number of hydrogen-bond donors (Lipinski definition) is 0. The smallest absolute Gasteiger partial charge is 0.0193 e. The quantitative estimate of drug-likeness (QED) is 0.418. The van der Waals surface area contributed by atoms with E-state index in [9.17, 15) is 0 Å². The van der Waals surface area contributed by atoms with Crippen LogP contribution in [0.25, 0.3) is 0 Å². The predicted molar refractivity (Wildman–Crippen MR) is 68.9 cm³/mol. The van der Waals surface area contributed by atoms with Crippen LogP contribution < -0.4 is 0 Å². The Bertz CT molecular complexity index is 210. The van der Waals surface area contributed by atoms with Gasteiger partial charge in [-0.15, -0.1) is 0 Å². The summed E-state index contributed by atoms with van der Waals surface area (Å²) in [5.74, 6) is 1.68. The van der Waals surface area contributed by atoms with Gasteiger partial charge in [0.15, 0.2) is 0 Å². The molecule has 0 amide bonds. The average molecular weight is 206 g/mol. The Labute approximate surface area is 95.5 Å². The summed E-state index contributed by atoms with van der Waals surface area (Å²) in [5, 5.41) is 0. The van der Waals surface area contributed by atoms with Crippen LogP contribution in [0.2, 0.25) is 0 Å². The van der Waals surface area contributed by atoms with E-state index in [1.54, 1.807) is 0 Å². The second kappa shape index (κ2) is 6.87. The van der Waals surface area contributed by atoms with Crippen LogP contribution in [0.1, 0.15) is 58.8 Å². The zero-order chi connectivity index (χ0) is 11.1. The lowest BCUT2D eigenvalue weighted by atomic mass is 10.0. The summed E-state index contributed by atoms with van der Waals surface area (Å²) in [6, 6.07) is 0. The third kappa shape index (κ3) is 5.81. The van der Waals surface area contributed by atoms with Crippen LogP contribution in [0.15, 0.2) is 24.3 Å². The van der Waals surface area contributed by atoms with Gasteiger partial charge in [-0.3, -0.25) is 0 Å². The molecule has 0 aromatic heterocycles. The van der Waals surface area contributed by atoms with Crippen molar-refractivity contribution in [1.82, 2.24) is 0 Å². The minimum absolute atomic E-state index is 0.808. The molecule has 1 aliphatic carbocycles. The molecule has 0 bridgehead atoms. The fourth-order valence-corrected chi connectivity index (χ4v) is 2.23. The van der Waals surface area contributed by atoms with Gasteiger partial charge < -0.3 is 0 Å². The molecule has 0 aromatic rings. The molecule has 1 atom stereocenters. The Morgan fingerprint density at radius 2 is 2.20 bits per heavy atom. The van der Waals surface area contributed by atoms with Crippen molar-refractivity contribution < 1.29 is 0 Å². The number of unbranched alkanes of at least 4 members (excludes halogenated alkanes) is 2. The van der Waals surface area contributed by atoms with Crippen LogP contribution in [-0.4, -0.2) is 0 Å². The molecule has 1 rings (SSSR count). The molecule has 0 unspecified atom stereocenters. The Morgan fingerprint density at radius 3 is 2.80 bits per heavy atom. The molecule has 15 heavy (non-hydrogen) atoms. The van der Waals surface area contributed by atoms with E-state index in [1.165, 1.54) is 50.5 Å². The van der Waals surface area contributed by atoms with E-state index in [0.29, 0.717) is 0 Å². The van der Waals surface area contributed by atoms with Gasteiger partial charge in [0, 0.05) is 0 Å². The minimum atomic E-state index is 0.808. The molecule has 0 aliphatic heterocycles. The summed E-state index contributed by atoms with van der Waals surface area (Å²) in [7, 11) is 0. The monoisotopic (exact) mass is 206 g/mol. The summed E-state index contributed by atoms with van der Waals surface area (Å²) in [6.45, 7) is 8.66. The second-order valence-electron chi connectivity index (χ2n) is 5.36. The van der Waals surface area contributed by atoms with E-state index >= 15 is 0 Å². The Morgan fingerprint density at radius 1 is 1.40 bits per heavy atom. The van der Waals surface area contributed by atoms with Gasteiger partial charge in [0.25, 0.3) is 0 Å². The molecule has 0 heteroatoms. The zero-order valence-electron chi connectivity index (χ0n) is 10.5. The first kappa shape index (κ1) is 12.5. The highest BCUT2D eigenvalue weighted by Crippen LogP contribution is 2.29. The molecule has 0 N–H and O–H groups in total. The summed E-state index contributed by atoms with van der Waals surface area (Å²) in [4.78, 5) is 0. The van der Waals surface area contributed by atoms with Crippen molar-refractivity contribution in [2.24, 2.45) is 11.8 Å². The van der Waals surface area contributed by atoms with Crippen molar-refractivity contribution in [3.8, 4) is 0 Å². The van der Waals surface area contributed by atoms with Crippen LogP contribution in [0, 0.1) is 11.8 Å². The van der Waals surface area contributed by atoms with Crippen molar-refractivity contribution in [3.05, 3.63) is 24.3 Å². The van der Waals surface area contributed by atoms with E-state index in [1.807, 2.05) is 0 Å². The summed E-state index contributed by atoms with van der Waals surface area (Å²) in [5.41, 5.74) is 1.45. The summed E-state index contributed by atoms with van der Waals surface area (Å²) in [6.07, 6.45) is 14.1. The molecule has 0 aromatic carbocycles. The van der Waals surface area contributed by atoms with Gasteiger partial charge >= 0.3 is 0 Å². The zero-order valence-corrected chi connectivity index (χ0v) is 10.5. The van der Waals surface area contributed by atoms with Gasteiger partial charge in [-0.2, -0.15) is 0 Å². The van der Waals surface area contributed by atoms with E-state index in [4.69, 9.17) is 0 Å². The van der Waals surface area contributed by atoms with Crippen LogP contribution in [0.3, 0.4) is 0 Å². The minimum Gasteiger partial charge on any atom is -0.0998 e. The lowest BCUT2D eigenvalue weighted by Crippen LogP contribution is -1.87. The topological polar surface area (TPSA) is 0 Å². The number of allylic oxidation sites excluding steroid dienone is 3. The lowest BCUT2D eigenvalue weighted by molar-refractivity contribution is 0.540. The molecule has 1 saturated carbocycles. The summed E-state index contributed by atoms with van der Waals surface area (Å²) >= 11 is 0. The van der Waals surface area contributed by atoms with E-state index in [2.05, 4.69) is 32.6 Å². The second-order valence-corrected chi connectivity index (χ2v) is 5.36. The lowest BCUT2D eigenvalue weighted by Gasteiger charge is -2.03. The van der Waals surface area contributed by atoms with Crippen molar-refractivity contribution in [1.29, 1.82) is 0 Å². The summed E-state index contributed by atoms with van der Waals surface area (Å²) < 4.78 is 0. The maximum atomic E-state index is 4.05. The predicted octanol–water partition coefficient (Wildman–Crippen LogP) is 5.12. The van der Waals surface area contributed by atoms with Gasteiger partial charge in [0.05, 0.1) is 0 Å². The molecule has 1 fully saturated rings. The van der Waals surface area contributed by atoms with E-state index < -0.39 is 0 Å². The van der Waals surface area contributed by atoms with E-state index in [0.717, 1.165) is 11.8 Å². The Balaban J connectivity index is 1.99. The standard InChI is InChI=1S/C15H26/c1-13(2)8-6-4-5-7-9-15-11-10-14(3)12-15/h7,9,13,15H,3-6,8,10-12H2,1-2H3/b9-7+/t15-/m0/s1.